The summed E-state index contributed by atoms with van der Waals surface area (Å²) >= 11 is 3.47. The predicted molar refractivity (Wildman–Crippen MR) is 197 cm³/mol. The molecule has 0 aromatic heterocycles. The first-order chi connectivity index (χ1) is 22.5. The number of benzene rings is 2. The normalized spacial score (nSPS) is 14.6. The highest BCUT2D eigenvalue weighted by Crippen LogP contribution is 2.31. The highest BCUT2D eigenvalue weighted by Gasteiger charge is 2.28. The highest BCUT2D eigenvalue weighted by atomic mass is 32.2. The summed E-state index contributed by atoms with van der Waals surface area (Å²) < 4.78 is 22.9. The summed E-state index contributed by atoms with van der Waals surface area (Å²) in [5.74, 6) is 2.95. The molecule has 0 radical (unpaired) electrons. The molecule has 10 heteroatoms. The van der Waals surface area contributed by atoms with Crippen LogP contribution >= 0.6 is 23.5 Å². The topological polar surface area (TPSA) is 112 Å². The number of aromatic hydroxyl groups is 2. The Morgan fingerprint density at radius 3 is 1.60 bits per heavy atom. The number of carbonyl (C=O) groups excluding carboxylic acids is 2. The Labute approximate surface area is 297 Å². The standard InChI is InChI=1S/C38H58O8S2/c1-27(29-9-13-33(39)14-10-29)23-32(36(42)46-38(6,7)8)26-48-22-20-44-18-17-43-19-21-47-25-31(30-11-15-34(40)16-12-30)24-28(2)35(41)45-37(3,4)5/h9-16,27-28,31-32,39-40H,17-26H2,1-8H3. The van der Waals surface area contributed by atoms with Gasteiger partial charge in [0.15, 0.2) is 0 Å². The Morgan fingerprint density at radius 1 is 0.646 bits per heavy atom. The van der Waals surface area contributed by atoms with Gasteiger partial charge >= 0.3 is 11.9 Å². The van der Waals surface area contributed by atoms with E-state index in [1.165, 1.54) is 0 Å². The van der Waals surface area contributed by atoms with Crippen LogP contribution in [-0.4, -0.2) is 82.8 Å². The summed E-state index contributed by atoms with van der Waals surface area (Å²) in [6.45, 7) is 17.5. The summed E-state index contributed by atoms with van der Waals surface area (Å²) in [5.41, 5.74) is 1.11. The molecular formula is C38H58O8S2. The molecule has 8 nitrogen and oxygen atoms in total. The molecule has 0 aliphatic carbocycles. The average Bonchev–Trinajstić information content (AvgIpc) is 2.99. The lowest BCUT2D eigenvalue weighted by Crippen LogP contribution is -2.30. The van der Waals surface area contributed by atoms with Crippen LogP contribution in [0.5, 0.6) is 11.5 Å². The molecule has 0 fully saturated rings. The minimum absolute atomic E-state index is 0.143. The Balaban J connectivity index is 1.68. The minimum atomic E-state index is -0.543. The van der Waals surface area contributed by atoms with E-state index in [2.05, 4.69) is 6.92 Å². The first-order valence-corrected chi connectivity index (χ1v) is 19.2. The van der Waals surface area contributed by atoms with Crippen LogP contribution in [0.3, 0.4) is 0 Å². The van der Waals surface area contributed by atoms with Gasteiger partial charge in [0.2, 0.25) is 0 Å². The Kier molecular flexibility index (Phi) is 18.2. The third kappa shape index (κ3) is 17.8. The second-order valence-corrected chi connectivity index (χ2v) is 16.6. The van der Waals surface area contributed by atoms with Crippen LogP contribution in [0.25, 0.3) is 0 Å². The summed E-state index contributed by atoms with van der Waals surface area (Å²) in [6.07, 6.45) is 1.33. The molecule has 0 spiro atoms. The molecular weight excluding hydrogens is 649 g/mol. The molecule has 2 aromatic carbocycles. The number of esters is 2. The van der Waals surface area contributed by atoms with Crippen LogP contribution in [0.15, 0.2) is 48.5 Å². The molecule has 270 valence electrons. The van der Waals surface area contributed by atoms with E-state index in [0.717, 1.165) is 28.4 Å². The van der Waals surface area contributed by atoms with Gasteiger partial charge in [0.25, 0.3) is 0 Å². The molecule has 0 bridgehead atoms. The van der Waals surface area contributed by atoms with Gasteiger partial charge in [-0.25, -0.2) is 0 Å². The van der Waals surface area contributed by atoms with Crippen molar-refractivity contribution in [3.8, 4) is 11.5 Å². The molecule has 0 aliphatic rings. The first kappa shape index (κ1) is 41.8. The highest BCUT2D eigenvalue weighted by molar-refractivity contribution is 7.99. The van der Waals surface area contributed by atoms with Crippen molar-refractivity contribution in [2.24, 2.45) is 11.8 Å². The van der Waals surface area contributed by atoms with E-state index < -0.39 is 11.2 Å². The fourth-order valence-corrected chi connectivity index (χ4v) is 6.94. The van der Waals surface area contributed by atoms with E-state index in [-0.39, 0.29) is 47.1 Å². The zero-order valence-electron chi connectivity index (χ0n) is 30.2. The second kappa shape index (κ2) is 21.0. The monoisotopic (exact) mass is 706 g/mol. The van der Waals surface area contributed by atoms with Crippen LogP contribution in [0.2, 0.25) is 0 Å². The van der Waals surface area contributed by atoms with Gasteiger partial charge in [-0.15, -0.1) is 0 Å². The van der Waals surface area contributed by atoms with E-state index in [4.69, 9.17) is 18.9 Å². The van der Waals surface area contributed by atoms with Gasteiger partial charge in [0.05, 0.1) is 38.3 Å². The van der Waals surface area contributed by atoms with Gasteiger partial charge in [0.1, 0.15) is 22.7 Å². The Morgan fingerprint density at radius 2 is 1.10 bits per heavy atom. The fraction of sp³-hybridized carbons (Fsp3) is 0.632. The van der Waals surface area contributed by atoms with Crippen molar-refractivity contribution in [3.63, 3.8) is 0 Å². The van der Waals surface area contributed by atoms with Crippen molar-refractivity contribution in [1.82, 2.24) is 0 Å². The summed E-state index contributed by atoms with van der Waals surface area (Å²) in [6, 6.07) is 14.4. The molecule has 0 aliphatic heterocycles. The lowest BCUT2D eigenvalue weighted by Gasteiger charge is -2.25. The van der Waals surface area contributed by atoms with E-state index in [1.54, 1.807) is 47.8 Å². The minimum Gasteiger partial charge on any atom is -0.508 e. The smallest absolute Gasteiger partial charge is 0.310 e. The number of thioether (sulfide) groups is 2. The zero-order valence-corrected chi connectivity index (χ0v) is 31.8. The number of rotatable bonds is 21. The third-order valence-corrected chi connectivity index (χ3v) is 9.59. The number of phenolic OH excluding ortho intramolecular Hbond substituents is 2. The third-order valence-electron chi connectivity index (χ3n) is 7.41. The van der Waals surface area contributed by atoms with Crippen LogP contribution in [0.4, 0.5) is 0 Å². The summed E-state index contributed by atoms with van der Waals surface area (Å²) in [7, 11) is 0. The molecule has 4 atom stereocenters. The summed E-state index contributed by atoms with van der Waals surface area (Å²) in [4.78, 5) is 25.6. The van der Waals surface area contributed by atoms with Gasteiger partial charge < -0.3 is 29.2 Å². The Hall–Kier alpha value is -2.40. The van der Waals surface area contributed by atoms with Crippen molar-refractivity contribution in [2.75, 3.05) is 49.4 Å². The maximum atomic E-state index is 13.0. The van der Waals surface area contributed by atoms with Gasteiger partial charge in [-0.2, -0.15) is 23.5 Å². The number of hydrogen-bond acceptors (Lipinski definition) is 10. The molecule has 0 heterocycles. The van der Waals surface area contributed by atoms with Crippen molar-refractivity contribution in [2.45, 2.75) is 91.3 Å². The quantitative estimate of drug-likeness (QED) is 0.0974. The van der Waals surface area contributed by atoms with Crippen LogP contribution in [0, 0.1) is 11.8 Å². The molecule has 0 saturated carbocycles. The molecule has 0 saturated heterocycles. The number of hydrogen-bond donors (Lipinski definition) is 2. The Bertz CT molecular complexity index is 1210. The maximum absolute atomic E-state index is 13.0. The SMILES string of the molecule is CC(CC(CSCCOCCOCCSCC(CC(C)c1ccc(O)cc1)C(=O)OC(C)(C)C)c1ccc(O)cc1)C(=O)OC(C)(C)C. The number of phenols is 2. The maximum Gasteiger partial charge on any atom is 0.310 e. The molecule has 2 aromatic rings. The van der Waals surface area contributed by atoms with Gasteiger partial charge in [-0.3, -0.25) is 9.59 Å². The lowest BCUT2D eigenvalue weighted by atomic mass is 9.91. The molecule has 4 unspecified atom stereocenters. The van der Waals surface area contributed by atoms with Crippen molar-refractivity contribution >= 4 is 35.5 Å². The second-order valence-electron chi connectivity index (χ2n) is 14.3. The molecule has 48 heavy (non-hydrogen) atoms. The lowest BCUT2D eigenvalue weighted by molar-refractivity contribution is -0.160. The number of ether oxygens (including phenoxy) is 4. The zero-order chi connectivity index (χ0) is 35.7. The van der Waals surface area contributed by atoms with E-state index in [0.29, 0.717) is 45.0 Å². The predicted octanol–water partition coefficient (Wildman–Crippen LogP) is 8.20. The molecule has 0 amide bonds. The fourth-order valence-electron chi connectivity index (χ4n) is 4.96. The van der Waals surface area contributed by atoms with Crippen LogP contribution in [-0.2, 0) is 28.5 Å². The summed E-state index contributed by atoms with van der Waals surface area (Å²) in [5, 5.41) is 19.3. The van der Waals surface area contributed by atoms with E-state index in [9.17, 15) is 19.8 Å². The molecule has 2 N–H and O–H groups in total. The number of carbonyl (C=O) groups is 2. The average molecular weight is 707 g/mol. The van der Waals surface area contributed by atoms with Crippen LogP contribution in [0.1, 0.15) is 91.2 Å². The van der Waals surface area contributed by atoms with Crippen LogP contribution < -0.4 is 0 Å². The van der Waals surface area contributed by atoms with E-state index >= 15 is 0 Å². The van der Waals surface area contributed by atoms with Gasteiger partial charge in [0, 0.05) is 23.0 Å². The van der Waals surface area contributed by atoms with E-state index in [1.807, 2.05) is 72.7 Å². The van der Waals surface area contributed by atoms with Crippen molar-refractivity contribution in [1.29, 1.82) is 0 Å². The van der Waals surface area contributed by atoms with Gasteiger partial charge in [-0.1, -0.05) is 38.1 Å². The van der Waals surface area contributed by atoms with Crippen molar-refractivity contribution in [3.05, 3.63) is 59.7 Å². The molecule has 2 rings (SSSR count). The van der Waals surface area contributed by atoms with Gasteiger partial charge in [-0.05, 0) is 102 Å². The largest absolute Gasteiger partial charge is 0.508 e. The van der Waals surface area contributed by atoms with Crippen molar-refractivity contribution < 1.29 is 38.7 Å². The first-order valence-electron chi connectivity index (χ1n) is 16.9.